The number of rotatable bonds is 3. The van der Waals surface area contributed by atoms with Gasteiger partial charge in [0.2, 0.25) is 5.91 Å². The monoisotopic (exact) mass is 348 g/mol. The van der Waals surface area contributed by atoms with Crippen LogP contribution in [0.4, 0.5) is 0 Å². The van der Waals surface area contributed by atoms with E-state index < -0.39 is 0 Å². The molecule has 2 heterocycles. The average molecular weight is 349 g/mol. The minimum Gasteiger partial charge on any atom is -0.348 e. The van der Waals surface area contributed by atoms with Crippen LogP contribution >= 0.6 is 12.4 Å². The zero-order valence-corrected chi connectivity index (χ0v) is 14.1. The van der Waals surface area contributed by atoms with Crippen molar-refractivity contribution < 1.29 is 9.59 Å². The Hall–Kier alpha value is -2.10. The smallest absolute Gasteiger partial charge is 0.251 e. The minimum atomic E-state index is -0.315. The van der Waals surface area contributed by atoms with Gasteiger partial charge < -0.3 is 15.5 Å². The van der Waals surface area contributed by atoms with Crippen molar-refractivity contribution in [2.45, 2.75) is 37.4 Å². The maximum absolute atomic E-state index is 12.5. The van der Waals surface area contributed by atoms with E-state index in [1.54, 1.807) is 17.0 Å². The fraction of sp³-hybridized carbons (Fsp3) is 0.471. The molecule has 3 atom stereocenters. The topological polar surface area (TPSA) is 85.2 Å². The molecule has 1 unspecified atom stereocenters. The Bertz CT molecular complexity index is 631. The molecule has 2 aliphatic rings. The van der Waals surface area contributed by atoms with Gasteiger partial charge >= 0.3 is 0 Å². The summed E-state index contributed by atoms with van der Waals surface area (Å²) >= 11 is 0. The highest BCUT2D eigenvalue weighted by Crippen LogP contribution is 2.20. The van der Waals surface area contributed by atoms with Gasteiger partial charge in [0, 0.05) is 24.7 Å². The average Bonchev–Trinajstić information content (AvgIpc) is 3.24. The number of nitrogens with one attached hydrogen (secondary N) is 2. The van der Waals surface area contributed by atoms with Gasteiger partial charge in [0.1, 0.15) is 6.04 Å². The molecule has 0 spiro atoms. The van der Waals surface area contributed by atoms with Crippen LogP contribution in [0.25, 0.3) is 0 Å². The summed E-state index contributed by atoms with van der Waals surface area (Å²) in [6.07, 6.45) is 2.19. The van der Waals surface area contributed by atoms with Crippen molar-refractivity contribution in [3.8, 4) is 6.07 Å². The second-order valence-electron chi connectivity index (χ2n) is 6.05. The molecule has 2 aliphatic heterocycles. The third-order valence-electron chi connectivity index (χ3n) is 4.49. The van der Waals surface area contributed by atoms with Crippen LogP contribution in [0.3, 0.4) is 0 Å². The van der Waals surface area contributed by atoms with E-state index in [9.17, 15) is 9.59 Å². The molecule has 7 heteroatoms. The van der Waals surface area contributed by atoms with Gasteiger partial charge in [0.05, 0.1) is 12.1 Å². The first-order valence-electron chi connectivity index (χ1n) is 7.98. The lowest BCUT2D eigenvalue weighted by Crippen LogP contribution is -2.45. The number of nitriles is 1. The van der Waals surface area contributed by atoms with Crippen molar-refractivity contribution in [1.82, 2.24) is 15.5 Å². The maximum Gasteiger partial charge on any atom is 0.251 e. The number of hydrogen-bond acceptors (Lipinski definition) is 4. The number of carbonyl (C=O) groups excluding carboxylic acids is 2. The summed E-state index contributed by atoms with van der Waals surface area (Å²) in [5.74, 6) is -0.146. The molecule has 128 valence electrons. The zero-order chi connectivity index (χ0) is 16.2. The van der Waals surface area contributed by atoms with Gasteiger partial charge in [-0.05, 0) is 31.4 Å². The van der Waals surface area contributed by atoms with Crippen LogP contribution in [0.2, 0.25) is 0 Å². The predicted molar refractivity (Wildman–Crippen MR) is 91.7 cm³/mol. The van der Waals surface area contributed by atoms with Gasteiger partial charge in [-0.2, -0.15) is 5.26 Å². The highest BCUT2D eigenvalue weighted by molar-refractivity contribution is 5.94. The standard InChI is InChI=1S/C17H20N4O2.ClH/c18-10-14-7-4-8-21(14)17(23)15-9-13(11-19-15)20-16(22)12-5-2-1-3-6-12;/h1-3,5-6,13-15,19H,4,7-9,11H2,(H,20,22);1H/t13-,14?,15+;/m1./s1. The number of amides is 2. The van der Waals surface area contributed by atoms with E-state index in [2.05, 4.69) is 16.7 Å². The lowest BCUT2D eigenvalue weighted by atomic mass is 10.1. The summed E-state index contributed by atoms with van der Waals surface area (Å²) in [5.41, 5.74) is 0.617. The normalized spacial score (nSPS) is 25.6. The van der Waals surface area contributed by atoms with Crippen LogP contribution in [-0.2, 0) is 4.79 Å². The number of carbonyl (C=O) groups is 2. The fourth-order valence-electron chi connectivity index (χ4n) is 3.26. The molecule has 0 bridgehead atoms. The summed E-state index contributed by atoms with van der Waals surface area (Å²) in [4.78, 5) is 26.3. The highest BCUT2D eigenvalue weighted by Gasteiger charge is 2.37. The Morgan fingerprint density at radius 2 is 2.04 bits per heavy atom. The van der Waals surface area contributed by atoms with Crippen LogP contribution in [0.1, 0.15) is 29.6 Å². The molecule has 0 aliphatic carbocycles. The van der Waals surface area contributed by atoms with E-state index in [1.165, 1.54) is 0 Å². The van der Waals surface area contributed by atoms with Gasteiger partial charge in [-0.15, -0.1) is 12.4 Å². The van der Waals surface area contributed by atoms with Gasteiger partial charge in [-0.3, -0.25) is 9.59 Å². The first kappa shape index (κ1) is 18.2. The molecule has 0 aromatic heterocycles. The van der Waals surface area contributed by atoms with Crippen LogP contribution < -0.4 is 10.6 Å². The number of benzene rings is 1. The van der Waals surface area contributed by atoms with Crippen LogP contribution in [-0.4, -0.2) is 47.9 Å². The van der Waals surface area contributed by atoms with Crippen molar-refractivity contribution >= 4 is 24.2 Å². The lowest BCUT2D eigenvalue weighted by Gasteiger charge is -2.23. The Kier molecular flexibility index (Phi) is 6.18. The highest BCUT2D eigenvalue weighted by atomic mass is 35.5. The van der Waals surface area contributed by atoms with E-state index in [1.807, 2.05) is 18.2 Å². The summed E-state index contributed by atoms with van der Waals surface area (Å²) in [6, 6.07) is 10.5. The Labute approximate surface area is 147 Å². The lowest BCUT2D eigenvalue weighted by molar-refractivity contribution is -0.133. The number of halogens is 1. The van der Waals surface area contributed by atoms with Crippen molar-refractivity contribution in [1.29, 1.82) is 5.26 Å². The first-order valence-corrected chi connectivity index (χ1v) is 7.98. The molecular formula is C17H21ClN4O2. The summed E-state index contributed by atoms with van der Waals surface area (Å²) in [7, 11) is 0. The van der Waals surface area contributed by atoms with Crippen LogP contribution in [0.5, 0.6) is 0 Å². The van der Waals surface area contributed by atoms with Gasteiger partial charge in [0.15, 0.2) is 0 Å². The second kappa shape index (κ2) is 8.13. The van der Waals surface area contributed by atoms with Crippen LogP contribution in [0.15, 0.2) is 30.3 Å². The quantitative estimate of drug-likeness (QED) is 0.856. The Morgan fingerprint density at radius 3 is 2.75 bits per heavy atom. The molecular weight excluding hydrogens is 328 g/mol. The van der Waals surface area contributed by atoms with Gasteiger partial charge in [-0.25, -0.2) is 0 Å². The SMILES string of the molecule is Cl.N#CC1CCCN1C(=O)[C@@H]1C[C@@H](NC(=O)c2ccccc2)CN1. The minimum absolute atomic E-state index is 0. The largest absolute Gasteiger partial charge is 0.348 e. The van der Waals surface area contributed by atoms with E-state index in [-0.39, 0.29) is 42.3 Å². The molecule has 3 rings (SSSR count). The predicted octanol–water partition coefficient (Wildman–Crippen LogP) is 1.08. The third-order valence-corrected chi connectivity index (χ3v) is 4.49. The number of likely N-dealkylation sites (tertiary alicyclic amines) is 1. The van der Waals surface area contributed by atoms with Crippen molar-refractivity contribution in [2.24, 2.45) is 0 Å². The molecule has 2 fully saturated rings. The molecule has 6 nitrogen and oxygen atoms in total. The molecule has 2 N–H and O–H groups in total. The van der Waals surface area contributed by atoms with E-state index in [0.29, 0.717) is 25.1 Å². The fourth-order valence-corrected chi connectivity index (χ4v) is 3.26. The molecule has 1 aromatic carbocycles. The van der Waals surface area contributed by atoms with E-state index in [0.717, 1.165) is 12.8 Å². The molecule has 0 radical (unpaired) electrons. The Morgan fingerprint density at radius 1 is 1.29 bits per heavy atom. The van der Waals surface area contributed by atoms with E-state index in [4.69, 9.17) is 5.26 Å². The summed E-state index contributed by atoms with van der Waals surface area (Å²) in [6.45, 7) is 1.22. The molecule has 24 heavy (non-hydrogen) atoms. The Balaban J connectivity index is 0.00000208. The van der Waals surface area contributed by atoms with Crippen molar-refractivity contribution in [3.05, 3.63) is 35.9 Å². The molecule has 1 aromatic rings. The summed E-state index contributed by atoms with van der Waals surface area (Å²) in [5, 5.41) is 15.2. The van der Waals surface area contributed by atoms with Gasteiger partial charge in [0.25, 0.3) is 5.91 Å². The molecule has 2 saturated heterocycles. The van der Waals surface area contributed by atoms with Crippen LogP contribution in [0, 0.1) is 11.3 Å². The molecule has 0 saturated carbocycles. The van der Waals surface area contributed by atoms with Crippen molar-refractivity contribution in [3.63, 3.8) is 0 Å². The maximum atomic E-state index is 12.5. The summed E-state index contributed by atoms with van der Waals surface area (Å²) < 4.78 is 0. The number of nitrogens with zero attached hydrogens (tertiary/aromatic N) is 2. The molecule has 2 amide bonds. The van der Waals surface area contributed by atoms with Gasteiger partial charge in [-0.1, -0.05) is 18.2 Å². The van der Waals surface area contributed by atoms with Crippen molar-refractivity contribution in [2.75, 3.05) is 13.1 Å². The first-order chi connectivity index (χ1) is 11.2. The van der Waals surface area contributed by atoms with E-state index >= 15 is 0 Å². The third kappa shape index (κ3) is 3.86. The number of hydrogen-bond donors (Lipinski definition) is 2. The second-order valence-corrected chi connectivity index (χ2v) is 6.05. The zero-order valence-electron chi connectivity index (χ0n) is 13.3.